The lowest BCUT2D eigenvalue weighted by atomic mass is 10.1. The van der Waals surface area contributed by atoms with Gasteiger partial charge in [0.15, 0.2) is 11.3 Å². The van der Waals surface area contributed by atoms with E-state index < -0.39 is 18.6 Å². The van der Waals surface area contributed by atoms with Gasteiger partial charge in [0.2, 0.25) is 5.95 Å². The Hall–Kier alpha value is -3.21. The van der Waals surface area contributed by atoms with E-state index in [0.29, 0.717) is 28.5 Å². The number of nitrogens with one attached hydrogen (secondary N) is 1. The highest BCUT2D eigenvalue weighted by atomic mass is 19.3. The molecule has 1 N–H and O–H groups in total. The van der Waals surface area contributed by atoms with Gasteiger partial charge in [0.1, 0.15) is 5.82 Å². The summed E-state index contributed by atoms with van der Waals surface area (Å²) in [5.74, 6) is 0.783. The van der Waals surface area contributed by atoms with Crippen molar-refractivity contribution in [3.8, 4) is 11.1 Å². The molecule has 0 atom stereocenters. The van der Waals surface area contributed by atoms with Crippen LogP contribution in [0.4, 0.5) is 19.1 Å². The lowest BCUT2D eigenvalue weighted by Crippen LogP contribution is -2.50. The average molecular weight is 417 g/mol. The van der Waals surface area contributed by atoms with Gasteiger partial charge in [-0.2, -0.15) is 0 Å². The van der Waals surface area contributed by atoms with Crippen molar-refractivity contribution >= 4 is 22.6 Å². The van der Waals surface area contributed by atoms with Crippen LogP contribution in [0.2, 0.25) is 0 Å². The molecule has 0 saturated carbocycles. The fourth-order valence-corrected chi connectivity index (χ4v) is 3.52. The number of anilines is 1. The van der Waals surface area contributed by atoms with Crippen molar-refractivity contribution in [2.45, 2.75) is 25.6 Å². The van der Waals surface area contributed by atoms with E-state index >= 15 is 0 Å². The van der Waals surface area contributed by atoms with Gasteiger partial charge in [0.25, 0.3) is 6.43 Å². The van der Waals surface area contributed by atoms with Gasteiger partial charge in [-0.15, -0.1) is 5.10 Å². The number of ether oxygens (including phenoxy) is 1. The zero-order chi connectivity index (χ0) is 20.9. The Bertz CT molecular complexity index is 1230. The number of rotatable bonds is 6. The van der Waals surface area contributed by atoms with Crippen LogP contribution in [0, 0.1) is 6.92 Å². The standard InChI is InChI=1S/C19H18F3N7O/c1-11-26-17-14(28(11)7-16(20)21)4-12(5-23-17)13-2-3-29-15(13)6-24-18(27-29)25-8-19(22)9-30-10-19/h2-6,16H,7-10H2,1H3,(H,25,27). The van der Waals surface area contributed by atoms with E-state index in [4.69, 9.17) is 4.74 Å². The van der Waals surface area contributed by atoms with Crippen LogP contribution in [-0.2, 0) is 11.3 Å². The summed E-state index contributed by atoms with van der Waals surface area (Å²) in [5.41, 5.74) is 1.82. The lowest BCUT2D eigenvalue weighted by molar-refractivity contribution is -0.121. The van der Waals surface area contributed by atoms with Crippen molar-refractivity contribution in [3.63, 3.8) is 0 Å². The molecule has 0 amide bonds. The molecule has 5 heterocycles. The first-order chi connectivity index (χ1) is 14.4. The molecule has 5 rings (SSSR count). The fourth-order valence-electron chi connectivity index (χ4n) is 3.52. The number of imidazole rings is 1. The number of fused-ring (bicyclic) bond motifs is 2. The van der Waals surface area contributed by atoms with Crippen molar-refractivity contribution in [1.82, 2.24) is 29.1 Å². The van der Waals surface area contributed by atoms with Crippen LogP contribution in [0.1, 0.15) is 5.82 Å². The Morgan fingerprint density at radius 3 is 2.80 bits per heavy atom. The van der Waals surface area contributed by atoms with Crippen LogP contribution in [0.3, 0.4) is 0 Å². The largest absolute Gasteiger partial charge is 0.374 e. The first-order valence-corrected chi connectivity index (χ1v) is 9.38. The maximum Gasteiger partial charge on any atom is 0.256 e. The normalized spacial score (nSPS) is 15.8. The minimum atomic E-state index is -2.49. The molecular weight excluding hydrogens is 399 g/mol. The quantitative estimate of drug-likeness (QED) is 0.520. The van der Waals surface area contributed by atoms with Crippen LogP contribution in [-0.4, -0.2) is 61.0 Å². The van der Waals surface area contributed by atoms with Crippen molar-refractivity contribution in [2.24, 2.45) is 0 Å². The fraction of sp³-hybridized carbons (Fsp3) is 0.368. The number of hydrogen-bond donors (Lipinski definition) is 1. The summed E-state index contributed by atoms with van der Waals surface area (Å²) in [6.07, 6.45) is 2.53. The number of nitrogens with zero attached hydrogens (tertiary/aromatic N) is 6. The number of hydrogen-bond acceptors (Lipinski definition) is 6. The van der Waals surface area contributed by atoms with Gasteiger partial charge >= 0.3 is 0 Å². The molecule has 1 aliphatic rings. The van der Waals surface area contributed by atoms with Crippen LogP contribution in [0.5, 0.6) is 0 Å². The number of halogens is 3. The Kier molecular flexibility index (Phi) is 4.35. The molecule has 1 saturated heterocycles. The highest BCUT2D eigenvalue weighted by Gasteiger charge is 2.38. The summed E-state index contributed by atoms with van der Waals surface area (Å²) in [6.45, 7) is 1.43. The minimum absolute atomic E-state index is 0.0625. The lowest BCUT2D eigenvalue weighted by Gasteiger charge is -2.33. The average Bonchev–Trinajstić information content (AvgIpc) is 3.25. The van der Waals surface area contributed by atoms with Gasteiger partial charge in [0, 0.05) is 23.5 Å². The zero-order valence-corrected chi connectivity index (χ0v) is 16.0. The topological polar surface area (TPSA) is 82.2 Å². The molecule has 1 fully saturated rings. The second-order valence-corrected chi connectivity index (χ2v) is 7.37. The monoisotopic (exact) mass is 417 g/mol. The second kappa shape index (κ2) is 6.94. The van der Waals surface area contributed by atoms with Crippen molar-refractivity contribution in [3.05, 3.63) is 36.5 Å². The Labute approximate surface area is 168 Å². The smallest absolute Gasteiger partial charge is 0.256 e. The molecule has 0 aromatic carbocycles. The van der Waals surface area contributed by atoms with E-state index in [1.165, 1.54) is 4.57 Å². The van der Waals surface area contributed by atoms with Crippen LogP contribution >= 0.6 is 0 Å². The predicted octanol–water partition coefficient (Wildman–Crippen LogP) is 2.86. The van der Waals surface area contributed by atoms with E-state index in [1.54, 1.807) is 36.1 Å². The molecule has 0 bridgehead atoms. The van der Waals surface area contributed by atoms with Gasteiger partial charge < -0.3 is 14.6 Å². The van der Waals surface area contributed by atoms with Crippen LogP contribution in [0.15, 0.2) is 30.7 Å². The molecule has 0 radical (unpaired) electrons. The van der Waals surface area contributed by atoms with E-state index in [2.05, 4.69) is 25.4 Å². The SMILES string of the molecule is Cc1nc2ncc(-c3ccn4nc(NCC5(F)COC5)ncc34)cc2n1CC(F)F. The first-order valence-electron chi connectivity index (χ1n) is 9.38. The highest BCUT2D eigenvalue weighted by molar-refractivity contribution is 5.85. The third-order valence-corrected chi connectivity index (χ3v) is 5.13. The van der Waals surface area contributed by atoms with E-state index in [1.807, 2.05) is 6.07 Å². The minimum Gasteiger partial charge on any atom is -0.374 e. The van der Waals surface area contributed by atoms with Crippen molar-refractivity contribution in [1.29, 1.82) is 0 Å². The van der Waals surface area contributed by atoms with Crippen molar-refractivity contribution in [2.75, 3.05) is 25.1 Å². The van der Waals surface area contributed by atoms with Gasteiger partial charge in [-0.25, -0.2) is 32.6 Å². The number of aromatic nitrogens is 6. The third kappa shape index (κ3) is 3.24. The van der Waals surface area contributed by atoms with Gasteiger partial charge in [0.05, 0.1) is 43.5 Å². The Balaban J connectivity index is 1.47. The summed E-state index contributed by atoms with van der Waals surface area (Å²) in [5, 5.41) is 7.24. The molecular formula is C19H18F3N7O. The van der Waals surface area contributed by atoms with Gasteiger partial charge in [-0.1, -0.05) is 0 Å². The van der Waals surface area contributed by atoms with Crippen LogP contribution < -0.4 is 5.32 Å². The number of alkyl halides is 3. The maximum atomic E-state index is 14.1. The molecule has 0 spiro atoms. The molecule has 8 nitrogen and oxygen atoms in total. The summed E-state index contributed by atoms with van der Waals surface area (Å²) in [6, 6.07) is 3.63. The highest BCUT2D eigenvalue weighted by Crippen LogP contribution is 2.28. The summed E-state index contributed by atoms with van der Waals surface area (Å²) in [4.78, 5) is 12.8. The molecule has 0 unspecified atom stereocenters. The molecule has 11 heteroatoms. The maximum absolute atomic E-state index is 14.1. The van der Waals surface area contributed by atoms with Crippen molar-refractivity contribution < 1.29 is 17.9 Å². The predicted molar refractivity (Wildman–Crippen MR) is 103 cm³/mol. The molecule has 1 aliphatic heterocycles. The molecule has 0 aliphatic carbocycles. The van der Waals surface area contributed by atoms with E-state index in [9.17, 15) is 13.2 Å². The van der Waals surface area contributed by atoms with E-state index in [-0.39, 0.29) is 19.8 Å². The Morgan fingerprint density at radius 2 is 2.07 bits per heavy atom. The Morgan fingerprint density at radius 1 is 1.23 bits per heavy atom. The molecule has 30 heavy (non-hydrogen) atoms. The summed E-state index contributed by atoms with van der Waals surface area (Å²) in [7, 11) is 0. The molecule has 156 valence electrons. The molecule has 4 aromatic heterocycles. The summed E-state index contributed by atoms with van der Waals surface area (Å²) < 4.78 is 48.0. The zero-order valence-electron chi connectivity index (χ0n) is 16.0. The number of aryl methyl sites for hydroxylation is 1. The number of pyridine rings is 1. The first kappa shape index (κ1) is 18.8. The van der Waals surface area contributed by atoms with Gasteiger partial charge in [-0.05, 0) is 19.1 Å². The van der Waals surface area contributed by atoms with Crippen LogP contribution in [0.25, 0.3) is 27.8 Å². The second-order valence-electron chi connectivity index (χ2n) is 7.37. The van der Waals surface area contributed by atoms with E-state index in [0.717, 1.165) is 11.1 Å². The van der Waals surface area contributed by atoms with Gasteiger partial charge in [-0.3, -0.25) is 0 Å². The third-order valence-electron chi connectivity index (χ3n) is 5.13. The summed E-state index contributed by atoms with van der Waals surface area (Å²) >= 11 is 0. The molecule has 4 aromatic rings.